The van der Waals surface area contributed by atoms with Gasteiger partial charge >= 0.3 is 11.9 Å². The Labute approximate surface area is 325 Å². The summed E-state index contributed by atoms with van der Waals surface area (Å²) in [4.78, 5) is 25.2. The molecule has 54 heavy (non-hydrogen) atoms. The molecule has 0 aromatic carbocycles. The lowest BCUT2D eigenvalue weighted by Crippen LogP contribution is -2.60. The molecule has 4 N–H and O–H groups in total. The number of rotatable bonds is 33. The van der Waals surface area contributed by atoms with Crippen molar-refractivity contribution in [2.45, 2.75) is 192 Å². The summed E-state index contributed by atoms with van der Waals surface area (Å²) >= 11 is 0. The van der Waals surface area contributed by atoms with Crippen molar-refractivity contribution in [1.29, 1.82) is 0 Å². The number of carbonyl (C=O) groups excluding carboxylic acids is 2. The summed E-state index contributed by atoms with van der Waals surface area (Å²) < 4.78 is 53.8. The summed E-state index contributed by atoms with van der Waals surface area (Å²) in [6, 6.07) is 0. The van der Waals surface area contributed by atoms with Crippen LogP contribution in [0.25, 0.3) is 0 Å². The molecule has 2 unspecified atom stereocenters. The predicted molar refractivity (Wildman–Crippen MR) is 210 cm³/mol. The Hall–Kier alpha value is -2.13. The second-order valence-electron chi connectivity index (χ2n) is 14.3. The van der Waals surface area contributed by atoms with Gasteiger partial charge in [0.25, 0.3) is 10.1 Å². The molecule has 0 bridgehead atoms. The van der Waals surface area contributed by atoms with Gasteiger partial charge in [0.2, 0.25) is 0 Å². The zero-order chi connectivity index (χ0) is 39.9. The topological polar surface area (TPSA) is 186 Å². The van der Waals surface area contributed by atoms with Crippen molar-refractivity contribution in [3.8, 4) is 0 Å². The molecular formula is C41H72O12S. The summed E-state index contributed by atoms with van der Waals surface area (Å²) in [7, 11) is -4.60. The van der Waals surface area contributed by atoms with Crippen molar-refractivity contribution < 1.29 is 56.8 Å². The molecule has 314 valence electrons. The van der Waals surface area contributed by atoms with Crippen molar-refractivity contribution in [3.63, 3.8) is 0 Å². The van der Waals surface area contributed by atoms with Crippen molar-refractivity contribution in [2.24, 2.45) is 0 Å². The smallest absolute Gasteiger partial charge is 0.306 e. The minimum absolute atomic E-state index is 0.120. The summed E-state index contributed by atoms with van der Waals surface area (Å²) in [5.74, 6) is -2.04. The van der Waals surface area contributed by atoms with E-state index in [4.69, 9.17) is 18.9 Å². The van der Waals surface area contributed by atoms with Gasteiger partial charge in [-0.1, -0.05) is 115 Å². The Kier molecular flexibility index (Phi) is 29.6. The Bertz CT molecular complexity index is 1150. The van der Waals surface area contributed by atoms with E-state index in [1.165, 1.54) is 51.4 Å². The Morgan fingerprint density at radius 1 is 0.630 bits per heavy atom. The van der Waals surface area contributed by atoms with Crippen LogP contribution in [0.5, 0.6) is 0 Å². The van der Waals surface area contributed by atoms with Gasteiger partial charge in [0.1, 0.15) is 36.8 Å². The average Bonchev–Trinajstić information content (AvgIpc) is 3.13. The van der Waals surface area contributed by atoms with E-state index in [1.807, 2.05) is 0 Å². The fourth-order valence-corrected chi connectivity index (χ4v) is 6.61. The fraction of sp³-hybridized carbons (Fsp3) is 0.805. The number of unbranched alkanes of at least 4 members (excludes halogenated alkanes) is 15. The van der Waals surface area contributed by atoms with Crippen LogP contribution in [0.4, 0.5) is 0 Å². The number of hydrogen-bond donors (Lipinski definition) is 4. The lowest BCUT2D eigenvalue weighted by atomic mass is 10.00. The highest BCUT2D eigenvalue weighted by atomic mass is 32.2. The maximum absolute atomic E-state index is 12.7. The quantitative estimate of drug-likeness (QED) is 0.0223. The standard InChI is InChI=1S/C41H72O12S/c1-3-5-7-9-11-13-15-16-17-18-20-22-24-26-28-30-37(43)52-34(31-50-36(42)29-27-25-23-21-19-14-12-10-8-6-4-2)32-51-41-40(46)39(45)38(44)35(53-41)33-54(47,48)49/h10,12,16-17,20,22,34-35,38-41,44-46H,3-9,11,13-15,18-19,21,23-33H2,1-2H3,(H,47,48,49)/b12-10+,17-16+,22-20+/t34-,35-,38-,39?,40?,41+/m1/s1. The van der Waals surface area contributed by atoms with Crippen LogP contribution in [-0.2, 0) is 38.7 Å². The molecule has 0 spiro atoms. The maximum atomic E-state index is 12.7. The van der Waals surface area contributed by atoms with E-state index < -0.39 is 71.2 Å². The highest BCUT2D eigenvalue weighted by molar-refractivity contribution is 7.85. The zero-order valence-electron chi connectivity index (χ0n) is 33.1. The average molecular weight is 789 g/mol. The van der Waals surface area contributed by atoms with Crippen LogP contribution in [0.3, 0.4) is 0 Å². The van der Waals surface area contributed by atoms with Gasteiger partial charge in [0, 0.05) is 12.8 Å². The summed E-state index contributed by atoms with van der Waals surface area (Å²) in [6.45, 7) is 3.65. The molecule has 1 saturated heterocycles. The lowest BCUT2D eigenvalue weighted by molar-refractivity contribution is -0.297. The first-order chi connectivity index (χ1) is 26.0. The SMILES string of the molecule is CCCC/C=C/CCCCCCCC(=O)OC[C@H](CO[C@H]1O[C@H](CS(=O)(=O)O)[C@@H](O)C(O)C1O)OC(=O)CCCC/C=C/C/C=C/CCCCCCCC. The molecule has 1 rings (SSSR count). The van der Waals surface area contributed by atoms with Gasteiger partial charge < -0.3 is 34.3 Å². The van der Waals surface area contributed by atoms with Crippen LogP contribution < -0.4 is 0 Å². The maximum Gasteiger partial charge on any atom is 0.306 e. The van der Waals surface area contributed by atoms with E-state index in [-0.39, 0.29) is 19.4 Å². The number of esters is 2. The van der Waals surface area contributed by atoms with Crippen LogP contribution in [0.15, 0.2) is 36.5 Å². The zero-order valence-corrected chi connectivity index (χ0v) is 33.9. The molecule has 13 heteroatoms. The second-order valence-corrected chi connectivity index (χ2v) is 15.8. The van der Waals surface area contributed by atoms with Crippen LogP contribution in [0.1, 0.15) is 155 Å². The first-order valence-electron chi connectivity index (χ1n) is 20.5. The minimum Gasteiger partial charge on any atom is -0.462 e. The summed E-state index contributed by atoms with van der Waals surface area (Å²) in [6.07, 6.45) is 24.9. The van der Waals surface area contributed by atoms with Crippen molar-refractivity contribution >= 4 is 22.1 Å². The molecule has 6 atom stereocenters. The van der Waals surface area contributed by atoms with Gasteiger partial charge in [-0.15, -0.1) is 0 Å². The van der Waals surface area contributed by atoms with Gasteiger partial charge in [0.15, 0.2) is 12.4 Å². The third kappa shape index (κ3) is 26.6. The molecule has 0 radical (unpaired) electrons. The highest BCUT2D eigenvalue weighted by Gasteiger charge is 2.46. The number of carbonyl (C=O) groups is 2. The highest BCUT2D eigenvalue weighted by Crippen LogP contribution is 2.24. The molecule has 1 fully saturated rings. The Morgan fingerprint density at radius 2 is 1.13 bits per heavy atom. The van der Waals surface area contributed by atoms with Crippen LogP contribution in [-0.4, -0.2) is 96.0 Å². The van der Waals surface area contributed by atoms with E-state index in [0.29, 0.717) is 12.8 Å². The van der Waals surface area contributed by atoms with E-state index in [2.05, 4.69) is 50.3 Å². The van der Waals surface area contributed by atoms with Crippen molar-refractivity contribution in [2.75, 3.05) is 19.0 Å². The van der Waals surface area contributed by atoms with Gasteiger partial charge in [0.05, 0.1) is 6.61 Å². The summed E-state index contributed by atoms with van der Waals surface area (Å²) in [5, 5.41) is 30.8. The van der Waals surface area contributed by atoms with Crippen LogP contribution >= 0.6 is 0 Å². The van der Waals surface area contributed by atoms with Gasteiger partial charge in [-0.05, 0) is 64.2 Å². The minimum atomic E-state index is -4.60. The number of hydrogen-bond acceptors (Lipinski definition) is 11. The molecule has 0 amide bonds. The van der Waals surface area contributed by atoms with Gasteiger partial charge in [-0.3, -0.25) is 14.1 Å². The second kappa shape index (κ2) is 32.0. The lowest BCUT2D eigenvalue weighted by Gasteiger charge is -2.40. The molecular weight excluding hydrogens is 717 g/mol. The van der Waals surface area contributed by atoms with Crippen LogP contribution in [0.2, 0.25) is 0 Å². The first-order valence-corrected chi connectivity index (χ1v) is 22.2. The monoisotopic (exact) mass is 788 g/mol. The Morgan fingerprint density at radius 3 is 1.74 bits per heavy atom. The molecule has 1 aliphatic heterocycles. The fourth-order valence-electron chi connectivity index (χ4n) is 5.92. The molecule has 0 saturated carbocycles. The predicted octanol–water partition coefficient (Wildman–Crippen LogP) is 7.44. The number of aliphatic hydroxyl groups excluding tert-OH is 3. The molecule has 0 aliphatic carbocycles. The molecule has 0 aromatic rings. The van der Waals surface area contributed by atoms with E-state index in [1.54, 1.807) is 0 Å². The van der Waals surface area contributed by atoms with Gasteiger partial charge in [-0.25, -0.2) is 0 Å². The molecule has 1 heterocycles. The first kappa shape index (κ1) is 49.9. The third-order valence-corrected chi connectivity index (χ3v) is 9.94. The van der Waals surface area contributed by atoms with Gasteiger partial charge in [-0.2, -0.15) is 8.42 Å². The third-order valence-electron chi connectivity index (χ3n) is 9.19. The number of aliphatic hydroxyl groups is 3. The summed E-state index contributed by atoms with van der Waals surface area (Å²) in [5.41, 5.74) is 0. The number of allylic oxidation sites excluding steroid dienone is 6. The molecule has 12 nitrogen and oxygen atoms in total. The van der Waals surface area contributed by atoms with Crippen molar-refractivity contribution in [3.05, 3.63) is 36.5 Å². The molecule has 0 aromatic heterocycles. The van der Waals surface area contributed by atoms with Crippen LogP contribution in [0, 0.1) is 0 Å². The Balaban J connectivity index is 2.53. The largest absolute Gasteiger partial charge is 0.462 e. The molecule has 1 aliphatic rings. The van der Waals surface area contributed by atoms with E-state index in [0.717, 1.165) is 64.2 Å². The van der Waals surface area contributed by atoms with E-state index in [9.17, 15) is 37.9 Å². The van der Waals surface area contributed by atoms with E-state index >= 15 is 0 Å². The normalized spacial score (nSPS) is 21.3. The number of ether oxygens (including phenoxy) is 4. The van der Waals surface area contributed by atoms with Crippen molar-refractivity contribution in [1.82, 2.24) is 0 Å².